The van der Waals surface area contributed by atoms with Gasteiger partial charge in [-0.1, -0.05) is 36.3 Å². The van der Waals surface area contributed by atoms with Crippen LogP contribution in [-0.2, 0) is 17.8 Å². The number of aryl methyl sites for hydroxylation is 1. The fourth-order valence-corrected chi connectivity index (χ4v) is 2.71. The van der Waals surface area contributed by atoms with Gasteiger partial charge < -0.3 is 23.5 Å². The number of ether oxygens (including phenoxy) is 4. The van der Waals surface area contributed by atoms with E-state index in [4.69, 9.17) is 23.5 Å². The zero-order valence-corrected chi connectivity index (χ0v) is 16.7. The summed E-state index contributed by atoms with van der Waals surface area (Å²) < 4.78 is 26.2. The molecule has 8 heteroatoms. The molecule has 1 aromatic heterocycles. The van der Waals surface area contributed by atoms with Gasteiger partial charge in [0.1, 0.15) is 11.3 Å². The quantitative estimate of drug-likeness (QED) is 0.531. The lowest BCUT2D eigenvalue weighted by Crippen LogP contribution is -2.08. The number of esters is 1. The predicted octanol–water partition coefficient (Wildman–Crippen LogP) is 3.68. The van der Waals surface area contributed by atoms with Crippen LogP contribution in [0.4, 0.5) is 0 Å². The van der Waals surface area contributed by atoms with Gasteiger partial charge in [-0.25, -0.2) is 4.79 Å². The molecule has 0 atom stereocenters. The highest BCUT2D eigenvalue weighted by atomic mass is 16.6. The molecular formula is C21H22N2O6. The van der Waals surface area contributed by atoms with Crippen molar-refractivity contribution in [2.75, 3.05) is 21.3 Å². The summed E-state index contributed by atoms with van der Waals surface area (Å²) in [5.74, 6) is 1.13. The molecule has 0 saturated carbocycles. The topological polar surface area (TPSA) is 92.9 Å². The van der Waals surface area contributed by atoms with E-state index in [-0.39, 0.29) is 18.1 Å². The van der Waals surface area contributed by atoms with Gasteiger partial charge in [-0.05, 0) is 12.0 Å². The average Bonchev–Trinajstić information content (AvgIpc) is 3.25. The maximum atomic E-state index is 12.5. The fourth-order valence-electron chi connectivity index (χ4n) is 2.71. The van der Waals surface area contributed by atoms with Crippen LogP contribution in [0.2, 0.25) is 0 Å². The third kappa shape index (κ3) is 4.48. The molecule has 0 saturated heterocycles. The van der Waals surface area contributed by atoms with Crippen molar-refractivity contribution < 1.29 is 28.3 Å². The zero-order valence-electron chi connectivity index (χ0n) is 16.7. The van der Waals surface area contributed by atoms with E-state index in [1.165, 1.54) is 33.0 Å². The molecule has 3 aromatic rings. The van der Waals surface area contributed by atoms with Gasteiger partial charge in [0, 0.05) is 17.7 Å². The Labute approximate surface area is 168 Å². The zero-order chi connectivity index (χ0) is 20.8. The van der Waals surface area contributed by atoms with Gasteiger partial charge in [0.2, 0.25) is 5.82 Å². The van der Waals surface area contributed by atoms with Gasteiger partial charge in [0.05, 0.1) is 21.3 Å². The number of nitrogens with zero attached hydrogens (tertiary/aromatic N) is 2. The lowest BCUT2D eigenvalue weighted by Gasteiger charge is -2.13. The van der Waals surface area contributed by atoms with Crippen LogP contribution in [0.5, 0.6) is 17.2 Å². The lowest BCUT2D eigenvalue weighted by molar-refractivity contribution is 0.0425. The number of carbonyl (C=O) groups excluding carboxylic acids is 1. The first-order chi connectivity index (χ1) is 14.1. The maximum absolute atomic E-state index is 12.5. The van der Waals surface area contributed by atoms with Crippen molar-refractivity contribution in [1.29, 1.82) is 0 Å². The summed E-state index contributed by atoms with van der Waals surface area (Å²) in [4.78, 5) is 16.8. The van der Waals surface area contributed by atoms with E-state index in [0.717, 1.165) is 12.0 Å². The van der Waals surface area contributed by atoms with Crippen LogP contribution < -0.4 is 14.2 Å². The van der Waals surface area contributed by atoms with Gasteiger partial charge >= 0.3 is 5.97 Å². The molecule has 29 heavy (non-hydrogen) atoms. The Morgan fingerprint density at radius 3 is 2.24 bits per heavy atom. The van der Waals surface area contributed by atoms with E-state index in [9.17, 15) is 4.79 Å². The molecule has 8 nitrogen and oxygen atoms in total. The Bertz CT molecular complexity index is 981. The molecule has 1 heterocycles. The Kier molecular flexibility index (Phi) is 6.33. The van der Waals surface area contributed by atoms with Gasteiger partial charge in [-0.3, -0.25) is 0 Å². The molecule has 152 valence electrons. The maximum Gasteiger partial charge on any atom is 0.342 e. The van der Waals surface area contributed by atoms with Gasteiger partial charge in [-0.2, -0.15) is 4.98 Å². The van der Waals surface area contributed by atoms with Crippen LogP contribution in [-0.4, -0.2) is 37.4 Å². The molecule has 0 bridgehead atoms. The standard InChI is InChI=1S/C21H22N2O6/c1-5-13-6-8-14(9-7-13)20-22-19(29-23-20)12-28-21(24)15-10-17(26-3)18(27-4)11-16(15)25-2/h6-11H,5,12H2,1-4H3. The molecule has 2 aromatic carbocycles. The summed E-state index contributed by atoms with van der Waals surface area (Å²) in [5.41, 5.74) is 2.24. The van der Waals surface area contributed by atoms with Crippen LogP contribution in [0.25, 0.3) is 11.4 Å². The number of rotatable bonds is 8. The van der Waals surface area contributed by atoms with Crippen LogP contribution in [0, 0.1) is 0 Å². The largest absolute Gasteiger partial charge is 0.496 e. The molecule has 0 unspecified atom stereocenters. The highest BCUT2D eigenvalue weighted by molar-refractivity contribution is 5.93. The van der Waals surface area contributed by atoms with Gasteiger partial charge in [0.25, 0.3) is 5.89 Å². The summed E-state index contributed by atoms with van der Waals surface area (Å²) in [5, 5.41) is 3.94. The van der Waals surface area contributed by atoms with Gasteiger partial charge in [0.15, 0.2) is 18.1 Å². The lowest BCUT2D eigenvalue weighted by atomic mass is 10.1. The molecule has 0 radical (unpaired) electrons. The number of benzene rings is 2. The monoisotopic (exact) mass is 398 g/mol. The normalized spacial score (nSPS) is 10.5. The van der Waals surface area contributed by atoms with E-state index in [2.05, 4.69) is 17.1 Å². The van der Waals surface area contributed by atoms with Crippen molar-refractivity contribution in [1.82, 2.24) is 10.1 Å². The summed E-state index contributed by atoms with van der Waals surface area (Å²) in [6, 6.07) is 10.9. The van der Waals surface area contributed by atoms with E-state index in [0.29, 0.717) is 23.1 Å². The first-order valence-electron chi connectivity index (χ1n) is 8.98. The molecular weight excluding hydrogens is 376 g/mol. The number of hydrogen-bond donors (Lipinski definition) is 0. The van der Waals surface area contributed by atoms with Crippen molar-refractivity contribution in [3.63, 3.8) is 0 Å². The third-order valence-corrected chi connectivity index (χ3v) is 4.34. The van der Waals surface area contributed by atoms with Crippen molar-refractivity contribution in [3.8, 4) is 28.6 Å². The Balaban J connectivity index is 1.72. The van der Waals surface area contributed by atoms with Crippen LogP contribution in [0.3, 0.4) is 0 Å². The molecule has 3 rings (SSSR count). The Morgan fingerprint density at radius 1 is 0.966 bits per heavy atom. The second-order valence-electron chi connectivity index (χ2n) is 6.05. The predicted molar refractivity (Wildman–Crippen MR) is 104 cm³/mol. The van der Waals surface area contributed by atoms with Crippen molar-refractivity contribution in [2.45, 2.75) is 20.0 Å². The minimum atomic E-state index is -0.616. The molecule has 0 amide bonds. The van der Waals surface area contributed by atoms with Crippen LogP contribution in [0.15, 0.2) is 40.9 Å². The van der Waals surface area contributed by atoms with Crippen molar-refractivity contribution in [3.05, 3.63) is 53.4 Å². The third-order valence-electron chi connectivity index (χ3n) is 4.34. The summed E-state index contributed by atoms with van der Waals surface area (Å²) in [7, 11) is 4.43. The van der Waals surface area contributed by atoms with Crippen molar-refractivity contribution >= 4 is 5.97 Å². The smallest absolute Gasteiger partial charge is 0.342 e. The minimum absolute atomic E-state index is 0.170. The summed E-state index contributed by atoms with van der Waals surface area (Å²) in [6.45, 7) is 1.92. The van der Waals surface area contributed by atoms with Gasteiger partial charge in [-0.15, -0.1) is 0 Å². The van der Waals surface area contributed by atoms with E-state index in [1.54, 1.807) is 6.07 Å². The number of aromatic nitrogens is 2. The SMILES string of the molecule is CCc1ccc(-c2noc(COC(=O)c3cc(OC)c(OC)cc3OC)n2)cc1. The van der Waals surface area contributed by atoms with E-state index < -0.39 is 5.97 Å². The molecule has 0 fully saturated rings. The molecule has 0 N–H and O–H groups in total. The van der Waals surface area contributed by atoms with E-state index >= 15 is 0 Å². The average molecular weight is 398 g/mol. The van der Waals surface area contributed by atoms with Crippen LogP contribution in [0.1, 0.15) is 28.7 Å². The second kappa shape index (κ2) is 9.09. The molecule has 0 aliphatic heterocycles. The molecule has 0 spiro atoms. The first kappa shape index (κ1) is 20.2. The fraction of sp³-hybridized carbons (Fsp3) is 0.286. The number of methoxy groups -OCH3 is 3. The first-order valence-corrected chi connectivity index (χ1v) is 8.98. The highest BCUT2D eigenvalue weighted by Gasteiger charge is 2.20. The number of hydrogen-bond acceptors (Lipinski definition) is 8. The van der Waals surface area contributed by atoms with Crippen molar-refractivity contribution in [2.24, 2.45) is 0 Å². The summed E-state index contributed by atoms with van der Waals surface area (Å²) in [6.07, 6.45) is 0.952. The molecule has 0 aliphatic carbocycles. The summed E-state index contributed by atoms with van der Waals surface area (Å²) >= 11 is 0. The molecule has 0 aliphatic rings. The van der Waals surface area contributed by atoms with Crippen LogP contribution >= 0.6 is 0 Å². The number of carbonyl (C=O) groups is 1. The highest BCUT2D eigenvalue weighted by Crippen LogP contribution is 2.35. The minimum Gasteiger partial charge on any atom is -0.496 e. The second-order valence-corrected chi connectivity index (χ2v) is 6.05. The Hall–Kier alpha value is -3.55. The Morgan fingerprint density at radius 2 is 1.62 bits per heavy atom. The van der Waals surface area contributed by atoms with E-state index in [1.807, 2.05) is 24.3 Å².